The summed E-state index contributed by atoms with van der Waals surface area (Å²) < 4.78 is 12.2. The maximum Gasteiger partial charge on any atom is 0.125 e. The van der Waals surface area contributed by atoms with Crippen LogP contribution in [0.25, 0.3) is 0 Å². The van der Waals surface area contributed by atoms with Crippen LogP contribution in [0.15, 0.2) is 34.5 Å². The van der Waals surface area contributed by atoms with Crippen molar-refractivity contribution >= 4 is 15.9 Å². The van der Waals surface area contributed by atoms with Crippen LogP contribution in [0.2, 0.25) is 0 Å². The van der Waals surface area contributed by atoms with Gasteiger partial charge in [0.25, 0.3) is 0 Å². The third-order valence-corrected chi connectivity index (χ3v) is 3.61. The van der Waals surface area contributed by atoms with Crippen molar-refractivity contribution in [2.75, 3.05) is 20.3 Å². The molecular formula is C15H20BrNO2. The van der Waals surface area contributed by atoms with Crippen molar-refractivity contribution in [3.8, 4) is 5.75 Å². The molecule has 19 heavy (non-hydrogen) atoms. The van der Waals surface area contributed by atoms with Gasteiger partial charge in [-0.1, -0.05) is 28.9 Å². The van der Waals surface area contributed by atoms with Crippen molar-refractivity contribution in [1.29, 1.82) is 0 Å². The average Bonchev–Trinajstić information content (AvgIpc) is 2.94. The van der Waals surface area contributed by atoms with Gasteiger partial charge in [-0.3, -0.25) is 0 Å². The van der Waals surface area contributed by atoms with E-state index in [2.05, 4.69) is 40.3 Å². The molecule has 0 radical (unpaired) electrons. The van der Waals surface area contributed by atoms with Crippen LogP contribution in [0.5, 0.6) is 5.75 Å². The van der Waals surface area contributed by atoms with E-state index in [0.29, 0.717) is 0 Å². The Bertz CT molecular complexity index is 459. The van der Waals surface area contributed by atoms with E-state index in [9.17, 15) is 0 Å². The van der Waals surface area contributed by atoms with Crippen LogP contribution in [0, 0.1) is 0 Å². The highest BCUT2D eigenvalue weighted by Gasteiger charge is 2.23. The molecule has 104 valence electrons. The van der Waals surface area contributed by atoms with Crippen LogP contribution < -0.4 is 10.1 Å². The zero-order chi connectivity index (χ0) is 13.7. The van der Waals surface area contributed by atoms with Gasteiger partial charge in [-0.25, -0.2) is 0 Å². The first-order chi connectivity index (χ1) is 9.26. The zero-order valence-corrected chi connectivity index (χ0v) is 13.0. The maximum absolute atomic E-state index is 5.73. The average molecular weight is 326 g/mol. The lowest BCUT2D eigenvalue weighted by Crippen LogP contribution is -2.24. The topological polar surface area (TPSA) is 30.5 Å². The SMILES string of the molecule is CCCNC(C1=CCCO1)c1ccc(Br)cc1OC. The van der Waals surface area contributed by atoms with E-state index >= 15 is 0 Å². The number of hydrogen-bond donors (Lipinski definition) is 1. The van der Waals surface area contributed by atoms with E-state index in [1.165, 1.54) is 0 Å². The molecule has 1 N–H and O–H groups in total. The molecule has 0 aliphatic carbocycles. The van der Waals surface area contributed by atoms with Crippen LogP contribution >= 0.6 is 15.9 Å². The summed E-state index contributed by atoms with van der Waals surface area (Å²) in [6.07, 6.45) is 4.23. The monoisotopic (exact) mass is 325 g/mol. The Balaban J connectivity index is 2.31. The Morgan fingerprint density at radius 3 is 2.95 bits per heavy atom. The van der Waals surface area contributed by atoms with Gasteiger partial charge in [0.05, 0.1) is 19.8 Å². The van der Waals surface area contributed by atoms with Gasteiger partial charge in [-0.05, 0) is 31.2 Å². The summed E-state index contributed by atoms with van der Waals surface area (Å²) in [6, 6.07) is 6.18. The molecule has 1 aliphatic heterocycles. The van der Waals surface area contributed by atoms with Crippen molar-refractivity contribution in [3.63, 3.8) is 0 Å². The summed E-state index contributed by atoms with van der Waals surface area (Å²) >= 11 is 3.48. The van der Waals surface area contributed by atoms with Gasteiger partial charge in [0.1, 0.15) is 11.5 Å². The molecule has 3 nitrogen and oxygen atoms in total. The second-order valence-corrected chi connectivity index (χ2v) is 5.43. The fraction of sp³-hybridized carbons (Fsp3) is 0.467. The Hall–Kier alpha value is -1.00. The number of halogens is 1. The first kappa shape index (κ1) is 14.4. The molecule has 0 saturated carbocycles. The molecule has 0 saturated heterocycles. The van der Waals surface area contributed by atoms with Gasteiger partial charge >= 0.3 is 0 Å². The lowest BCUT2D eigenvalue weighted by molar-refractivity contribution is 0.214. The van der Waals surface area contributed by atoms with E-state index in [-0.39, 0.29) is 6.04 Å². The molecule has 1 aromatic rings. The van der Waals surface area contributed by atoms with Gasteiger partial charge in [0.15, 0.2) is 0 Å². The van der Waals surface area contributed by atoms with Gasteiger partial charge in [0, 0.05) is 16.5 Å². The number of ether oxygens (including phenoxy) is 2. The van der Waals surface area contributed by atoms with E-state index in [1.54, 1.807) is 7.11 Å². The molecular weight excluding hydrogens is 306 g/mol. The van der Waals surface area contributed by atoms with Crippen molar-refractivity contribution in [2.24, 2.45) is 0 Å². The first-order valence-corrected chi connectivity index (χ1v) is 7.45. The third-order valence-electron chi connectivity index (χ3n) is 3.12. The molecule has 4 heteroatoms. The quantitative estimate of drug-likeness (QED) is 0.862. The Morgan fingerprint density at radius 1 is 1.47 bits per heavy atom. The molecule has 1 aromatic carbocycles. The molecule has 1 aliphatic rings. The van der Waals surface area contributed by atoms with Crippen LogP contribution in [-0.4, -0.2) is 20.3 Å². The third kappa shape index (κ3) is 3.51. The predicted molar refractivity (Wildman–Crippen MR) is 80.4 cm³/mol. The van der Waals surface area contributed by atoms with Crippen molar-refractivity contribution in [3.05, 3.63) is 40.1 Å². The van der Waals surface area contributed by atoms with Crippen LogP contribution in [-0.2, 0) is 4.74 Å². The van der Waals surface area contributed by atoms with Crippen LogP contribution in [0.1, 0.15) is 31.4 Å². The van der Waals surface area contributed by atoms with Gasteiger partial charge < -0.3 is 14.8 Å². The smallest absolute Gasteiger partial charge is 0.125 e. The summed E-state index contributed by atoms with van der Waals surface area (Å²) in [5, 5.41) is 3.53. The number of nitrogens with one attached hydrogen (secondary N) is 1. The van der Waals surface area contributed by atoms with E-state index in [4.69, 9.17) is 9.47 Å². The zero-order valence-electron chi connectivity index (χ0n) is 11.4. The summed E-state index contributed by atoms with van der Waals surface area (Å²) in [5.41, 5.74) is 1.12. The number of hydrogen-bond acceptors (Lipinski definition) is 3. The minimum atomic E-state index is 0.0745. The molecule has 2 rings (SSSR count). The molecule has 1 unspecified atom stereocenters. The molecule has 0 fully saturated rings. The molecule has 0 spiro atoms. The van der Waals surface area contributed by atoms with Crippen LogP contribution in [0.4, 0.5) is 0 Å². The summed E-state index contributed by atoms with van der Waals surface area (Å²) in [6.45, 7) is 3.88. The number of methoxy groups -OCH3 is 1. The molecule has 1 heterocycles. The number of rotatable bonds is 6. The molecule has 1 atom stereocenters. The predicted octanol–water partition coefficient (Wildman–Crippen LogP) is 3.80. The molecule has 0 aromatic heterocycles. The van der Waals surface area contributed by atoms with Gasteiger partial charge in [-0.2, -0.15) is 0 Å². The Morgan fingerprint density at radius 2 is 2.32 bits per heavy atom. The fourth-order valence-corrected chi connectivity index (χ4v) is 2.55. The van der Waals surface area contributed by atoms with E-state index in [0.717, 1.165) is 47.5 Å². The van der Waals surface area contributed by atoms with Gasteiger partial charge in [0.2, 0.25) is 0 Å². The lowest BCUT2D eigenvalue weighted by atomic mass is 10.0. The second kappa shape index (κ2) is 6.96. The lowest BCUT2D eigenvalue weighted by Gasteiger charge is -2.22. The second-order valence-electron chi connectivity index (χ2n) is 4.52. The highest BCUT2D eigenvalue weighted by atomic mass is 79.9. The fourth-order valence-electron chi connectivity index (χ4n) is 2.21. The summed E-state index contributed by atoms with van der Waals surface area (Å²) in [5.74, 6) is 1.88. The Kier molecular flexibility index (Phi) is 5.28. The Labute approximate surface area is 123 Å². The highest BCUT2D eigenvalue weighted by Crippen LogP contribution is 2.34. The summed E-state index contributed by atoms with van der Waals surface area (Å²) in [7, 11) is 1.70. The van der Waals surface area contributed by atoms with Crippen LogP contribution in [0.3, 0.4) is 0 Å². The highest BCUT2D eigenvalue weighted by molar-refractivity contribution is 9.10. The largest absolute Gasteiger partial charge is 0.496 e. The molecule has 0 amide bonds. The van der Waals surface area contributed by atoms with Crippen molar-refractivity contribution < 1.29 is 9.47 Å². The van der Waals surface area contributed by atoms with Crippen molar-refractivity contribution in [1.82, 2.24) is 5.32 Å². The van der Waals surface area contributed by atoms with E-state index < -0.39 is 0 Å². The minimum absolute atomic E-state index is 0.0745. The maximum atomic E-state index is 5.73. The summed E-state index contributed by atoms with van der Waals surface area (Å²) in [4.78, 5) is 0. The first-order valence-electron chi connectivity index (χ1n) is 6.66. The van der Waals surface area contributed by atoms with Crippen molar-refractivity contribution in [2.45, 2.75) is 25.8 Å². The normalized spacial score (nSPS) is 15.8. The minimum Gasteiger partial charge on any atom is -0.496 e. The molecule has 0 bridgehead atoms. The van der Waals surface area contributed by atoms with Gasteiger partial charge in [-0.15, -0.1) is 0 Å². The van der Waals surface area contributed by atoms with E-state index in [1.807, 2.05) is 12.1 Å². The number of benzene rings is 1. The standard InChI is InChI=1S/C15H20BrNO2/c1-3-8-17-15(13-5-4-9-19-13)12-7-6-11(16)10-14(12)18-2/h5-7,10,15,17H,3-4,8-9H2,1-2H3.